The van der Waals surface area contributed by atoms with Crippen LogP contribution in [0.5, 0.6) is 0 Å². The second-order valence-electron chi connectivity index (χ2n) is 4.03. The maximum Gasteiger partial charge on any atom is 0.338 e. The molecule has 0 atom stereocenters. The quantitative estimate of drug-likeness (QED) is 0.567. The van der Waals surface area contributed by atoms with E-state index in [9.17, 15) is 4.79 Å². The van der Waals surface area contributed by atoms with Crippen LogP contribution >= 0.6 is 0 Å². The lowest BCUT2D eigenvalue weighted by atomic mass is 10.1. The summed E-state index contributed by atoms with van der Waals surface area (Å²) in [5, 5.41) is 3.32. The molecule has 100 valence electrons. The summed E-state index contributed by atoms with van der Waals surface area (Å²) in [5.74, 6) is -0.285. The second kappa shape index (κ2) is 8.66. The van der Waals surface area contributed by atoms with Crippen LogP contribution in [0.25, 0.3) is 0 Å². The Labute approximate surface area is 108 Å². The molecule has 0 spiro atoms. The zero-order chi connectivity index (χ0) is 13.2. The number of hydrogen-bond acceptors (Lipinski definition) is 4. The van der Waals surface area contributed by atoms with Gasteiger partial charge < -0.3 is 14.8 Å². The monoisotopic (exact) mass is 251 g/mol. The van der Waals surface area contributed by atoms with Gasteiger partial charge in [0, 0.05) is 20.3 Å². The van der Waals surface area contributed by atoms with Gasteiger partial charge in [-0.15, -0.1) is 0 Å². The Balaban J connectivity index is 2.39. The number of esters is 1. The third-order valence-corrected chi connectivity index (χ3v) is 2.69. The van der Waals surface area contributed by atoms with E-state index in [2.05, 4.69) is 5.32 Å². The molecule has 0 aromatic heterocycles. The van der Waals surface area contributed by atoms with Crippen molar-refractivity contribution < 1.29 is 14.3 Å². The normalized spacial score (nSPS) is 10.3. The summed E-state index contributed by atoms with van der Waals surface area (Å²) in [6, 6.07) is 7.49. The van der Waals surface area contributed by atoms with Crippen LogP contribution in [-0.2, 0) is 16.0 Å². The van der Waals surface area contributed by atoms with E-state index in [1.807, 2.05) is 18.2 Å². The molecule has 4 nitrogen and oxygen atoms in total. The van der Waals surface area contributed by atoms with Crippen LogP contribution in [0, 0.1) is 0 Å². The van der Waals surface area contributed by atoms with Crippen LogP contribution in [0.3, 0.4) is 0 Å². The molecule has 0 saturated carbocycles. The molecule has 18 heavy (non-hydrogen) atoms. The lowest BCUT2D eigenvalue weighted by Gasteiger charge is -2.09. The predicted molar refractivity (Wildman–Crippen MR) is 70.6 cm³/mol. The van der Waals surface area contributed by atoms with Crippen molar-refractivity contribution in [2.75, 3.05) is 27.4 Å². The first-order valence-corrected chi connectivity index (χ1v) is 6.15. The molecule has 0 saturated heterocycles. The molecule has 0 aliphatic carbocycles. The second-order valence-corrected chi connectivity index (χ2v) is 4.03. The van der Waals surface area contributed by atoms with Crippen molar-refractivity contribution in [3.05, 3.63) is 35.4 Å². The van der Waals surface area contributed by atoms with Gasteiger partial charge in [-0.2, -0.15) is 0 Å². The van der Waals surface area contributed by atoms with E-state index in [4.69, 9.17) is 9.47 Å². The number of benzene rings is 1. The summed E-state index contributed by atoms with van der Waals surface area (Å²) in [6.45, 7) is 2.39. The molecule has 0 radical (unpaired) electrons. The van der Waals surface area contributed by atoms with Crippen LogP contribution in [0.1, 0.15) is 28.8 Å². The first-order chi connectivity index (χ1) is 8.79. The smallest absolute Gasteiger partial charge is 0.338 e. The molecule has 0 amide bonds. The van der Waals surface area contributed by atoms with Gasteiger partial charge in [0.25, 0.3) is 0 Å². The Hall–Kier alpha value is -1.39. The van der Waals surface area contributed by atoms with Gasteiger partial charge in [-0.25, -0.2) is 4.79 Å². The molecule has 0 aliphatic rings. The van der Waals surface area contributed by atoms with Crippen LogP contribution in [0.2, 0.25) is 0 Å². The van der Waals surface area contributed by atoms with Gasteiger partial charge in [-0.1, -0.05) is 18.2 Å². The van der Waals surface area contributed by atoms with Gasteiger partial charge in [0.05, 0.1) is 12.7 Å². The van der Waals surface area contributed by atoms with Gasteiger partial charge in [-0.05, 0) is 31.0 Å². The average molecular weight is 251 g/mol. The highest BCUT2D eigenvalue weighted by molar-refractivity contribution is 5.90. The summed E-state index contributed by atoms with van der Waals surface area (Å²) in [6.07, 6.45) is 2.11. The number of carbonyl (C=O) groups excluding carboxylic acids is 1. The number of carbonyl (C=O) groups is 1. The van der Waals surface area contributed by atoms with Crippen molar-refractivity contribution >= 4 is 5.97 Å². The number of methoxy groups -OCH3 is 2. The van der Waals surface area contributed by atoms with Crippen LogP contribution in [-0.4, -0.2) is 33.3 Å². The molecule has 0 fully saturated rings. The molecular formula is C14H21NO3. The number of rotatable bonds is 8. The number of ether oxygens (including phenoxy) is 2. The Morgan fingerprint density at radius 3 is 2.72 bits per heavy atom. The highest BCUT2D eigenvalue weighted by Gasteiger charge is 2.09. The maximum absolute atomic E-state index is 11.5. The van der Waals surface area contributed by atoms with Gasteiger partial charge in [0.1, 0.15) is 0 Å². The third-order valence-electron chi connectivity index (χ3n) is 2.69. The third kappa shape index (κ3) is 4.85. The van der Waals surface area contributed by atoms with Crippen molar-refractivity contribution in [1.29, 1.82) is 0 Å². The molecule has 4 heteroatoms. The Bertz CT molecular complexity index is 366. The zero-order valence-electron chi connectivity index (χ0n) is 11.1. The number of unbranched alkanes of at least 4 members (excludes halogenated alkanes) is 1. The minimum Gasteiger partial charge on any atom is -0.465 e. The van der Waals surface area contributed by atoms with Crippen molar-refractivity contribution in [1.82, 2.24) is 5.32 Å². The summed E-state index contributed by atoms with van der Waals surface area (Å²) in [7, 11) is 3.11. The zero-order valence-corrected chi connectivity index (χ0v) is 11.1. The van der Waals surface area contributed by atoms with Gasteiger partial charge >= 0.3 is 5.97 Å². The highest BCUT2D eigenvalue weighted by Crippen LogP contribution is 2.09. The van der Waals surface area contributed by atoms with Crippen molar-refractivity contribution in [3.63, 3.8) is 0 Å². The largest absolute Gasteiger partial charge is 0.465 e. The van der Waals surface area contributed by atoms with Crippen molar-refractivity contribution in [3.8, 4) is 0 Å². The van der Waals surface area contributed by atoms with E-state index in [0.29, 0.717) is 12.1 Å². The molecule has 0 unspecified atom stereocenters. The summed E-state index contributed by atoms with van der Waals surface area (Å²) in [5.41, 5.74) is 1.60. The minimum absolute atomic E-state index is 0.285. The van der Waals surface area contributed by atoms with Crippen LogP contribution < -0.4 is 5.32 Å². The average Bonchev–Trinajstić information content (AvgIpc) is 2.42. The van der Waals surface area contributed by atoms with Crippen LogP contribution in [0.4, 0.5) is 0 Å². The van der Waals surface area contributed by atoms with E-state index in [1.165, 1.54) is 7.11 Å². The van der Waals surface area contributed by atoms with E-state index in [-0.39, 0.29) is 5.97 Å². The van der Waals surface area contributed by atoms with E-state index in [0.717, 1.165) is 31.6 Å². The topological polar surface area (TPSA) is 47.6 Å². The Morgan fingerprint density at radius 1 is 1.22 bits per heavy atom. The summed E-state index contributed by atoms with van der Waals surface area (Å²) < 4.78 is 9.74. The molecule has 0 aliphatic heterocycles. The molecule has 0 bridgehead atoms. The molecule has 1 N–H and O–H groups in total. The van der Waals surface area contributed by atoms with Gasteiger partial charge in [-0.3, -0.25) is 0 Å². The summed E-state index contributed by atoms with van der Waals surface area (Å²) >= 11 is 0. The van der Waals surface area contributed by atoms with E-state index >= 15 is 0 Å². The van der Waals surface area contributed by atoms with Gasteiger partial charge in [0.15, 0.2) is 0 Å². The fraction of sp³-hybridized carbons (Fsp3) is 0.500. The van der Waals surface area contributed by atoms with E-state index < -0.39 is 0 Å². The number of nitrogens with one attached hydrogen (secondary N) is 1. The van der Waals surface area contributed by atoms with Crippen LogP contribution in [0.15, 0.2) is 24.3 Å². The lowest BCUT2D eigenvalue weighted by Crippen LogP contribution is -2.17. The summed E-state index contributed by atoms with van der Waals surface area (Å²) in [4.78, 5) is 11.5. The van der Waals surface area contributed by atoms with E-state index in [1.54, 1.807) is 13.2 Å². The standard InChI is InChI=1S/C14H21NO3/c1-17-10-6-5-9-15-11-12-7-3-4-8-13(12)14(16)18-2/h3-4,7-8,15H,5-6,9-11H2,1-2H3. The first kappa shape index (κ1) is 14.7. The Kier molecular flexibility index (Phi) is 7.06. The molecule has 1 rings (SSSR count). The number of hydrogen-bond donors (Lipinski definition) is 1. The SMILES string of the molecule is COCCCCNCc1ccccc1C(=O)OC. The van der Waals surface area contributed by atoms with Gasteiger partial charge in [0.2, 0.25) is 0 Å². The van der Waals surface area contributed by atoms with Crippen molar-refractivity contribution in [2.24, 2.45) is 0 Å². The highest BCUT2D eigenvalue weighted by atomic mass is 16.5. The first-order valence-electron chi connectivity index (χ1n) is 6.15. The van der Waals surface area contributed by atoms with Crippen molar-refractivity contribution in [2.45, 2.75) is 19.4 Å². The minimum atomic E-state index is -0.285. The predicted octanol–water partition coefficient (Wildman–Crippen LogP) is 1.99. The molecule has 0 heterocycles. The Morgan fingerprint density at radius 2 is 2.00 bits per heavy atom. The molecule has 1 aromatic carbocycles. The molecular weight excluding hydrogens is 230 g/mol. The maximum atomic E-state index is 11.5. The fourth-order valence-electron chi connectivity index (χ4n) is 1.70. The molecule has 1 aromatic rings. The fourth-order valence-corrected chi connectivity index (χ4v) is 1.70. The lowest BCUT2D eigenvalue weighted by molar-refractivity contribution is 0.0599.